The third-order valence-electron chi connectivity index (χ3n) is 5.59. The van der Waals surface area contributed by atoms with Crippen LogP contribution in [0.4, 0.5) is 0 Å². The van der Waals surface area contributed by atoms with Crippen LogP contribution in [0.25, 0.3) is 0 Å². The van der Waals surface area contributed by atoms with Crippen molar-refractivity contribution in [3.63, 3.8) is 0 Å². The molecule has 2 aromatic rings. The van der Waals surface area contributed by atoms with Gasteiger partial charge in [0.2, 0.25) is 0 Å². The minimum atomic E-state index is -1.12. The van der Waals surface area contributed by atoms with Gasteiger partial charge in [-0.05, 0) is 29.7 Å². The fourth-order valence-electron chi connectivity index (χ4n) is 3.89. The quantitative estimate of drug-likeness (QED) is 0.614. The molecule has 6 nitrogen and oxygen atoms in total. The Morgan fingerprint density at radius 1 is 1.03 bits per heavy atom. The number of halogens is 2. The Morgan fingerprint density at radius 3 is 2.39 bits per heavy atom. The molecule has 0 aromatic heterocycles. The van der Waals surface area contributed by atoms with Gasteiger partial charge in [0.05, 0.1) is 13.2 Å². The van der Waals surface area contributed by atoms with E-state index >= 15 is 0 Å². The van der Waals surface area contributed by atoms with Gasteiger partial charge in [-0.2, -0.15) is 0 Å². The molecule has 31 heavy (non-hydrogen) atoms. The first-order chi connectivity index (χ1) is 14.9. The van der Waals surface area contributed by atoms with Crippen LogP contribution in [-0.4, -0.2) is 47.8 Å². The molecule has 2 heterocycles. The molecule has 0 spiro atoms. The monoisotopic (exact) mass is 512 g/mol. The first-order valence-corrected chi connectivity index (χ1v) is 11.5. The van der Waals surface area contributed by atoms with Gasteiger partial charge in [-0.1, -0.05) is 65.6 Å². The highest BCUT2D eigenvalue weighted by atomic mass is 79.9. The lowest BCUT2D eigenvalue weighted by atomic mass is 9.98. The zero-order chi connectivity index (χ0) is 22.1. The van der Waals surface area contributed by atoms with Gasteiger partial charge in [0.1, 0.15) is 24.4 Å². The van der Waals surface area contributed by atoms with Gasteiger partial charge in [0, 0.05) is 20.6 Å². The number of aliphatic hydroxyl groups is 2. The zero-order valence-corrected chi connectivity index (χ0v) is 19.6. The molecule has 2 fully saturated rings. The third kappa shape index (κ3) is 4.99. The molecular formula is C23H26BrClO6. The fourth-order valence-corrected chi connectivity index (χ4v) is 4.87. The molecule has 2 aliphatic rings. The first kappa shape index (κ1) is 23.1. The normalized spacial score (nSPS) is 29.6. The second kappa shape index (κ2) is 9.85. The predicted molar refractivity (Wildman–Crippen MR) is 119 cm³/mol. The molecule has 8 heteroatoms. The lowest BCUT2D eigenvalue weighted by molar-refractivity contribution is -0.373. The summed E-state index contributed by atoms with van der Waals surface area (Å²) in [6.45, 7) is 4.07. The van der Waals surface area contributed by atoms with Crippen molar-refractivity contribution in [2.75, 3.05) is 13.2 Å². The van der Waals surface area contributed by atoms with Gasteiger partial charge in [-0.25, -0.2) is 0 Å². The number of benzene rings is 2. The van der Waals surface area contributed by atoms with E-state index < -0.39 is 43.6 Å². The van der Waals surface area contributed by atoms with Crippen LogP contribution >= 0.6 is 27.5 Å². The number of hydrogen-bond donors (Lipinski definition) is 2. The van der Waals surface area contributed by atoms with Crippen LogP contribution in [0.1, 0.15) is 49.0 Å². The molecule has 0 amide bonds. The molecule has 0 saturated carbocycles. The SMILES string of the molecule is CC(C)c1ccc(C2OC[C@@H]3OC(c4ccc(Cl)cc4)O[C@H]([C@H](O)CO)[C@@H]3O2)cc1Br. The molecule has 2 aromatic carbocycles. The van der Waals surface area contributed by atoms with E-state index in [4.69, 9.17) is 30.5 Å². The average molecular weight is 514 g/mol. The van der Waals surface area contributed by atoms with Crippen LogP contribution in [0.5, 0.6) is 0 Å². The Hall–Kier alpha value is -1.03. The number of rotatable bonds is 5. The van der Waals surface area contributed by atoms with Gasteiger partial charge in [-0.15, -0.1) is 0 Å². The lowest BCUT2D eigenvalue weighted by Crippen LogP contribution is -2.58. The summed E-state index contributed by atoms with van der Waals surface area (Å²) in [4.78, 5) is 0. The Bertz CT molecular complexity index is 892. The second-order valence-corrected chi connectivity index (χ2v) is 9.40. The summed E-state index contributed by atoms with van der Waals surface area (Å²) in [5.74, 6) is 0.384. The zero-order valence-electron chi connectivity index (χ0n) is 17.3. The van der Waals surface area contributed by atoms with Crippen molar-refractivity contribution in [3.05, 3.63) is 68.7 Å². The van der Waals surface area contributed by atoms with E-state index in [0.717, 1.165) is 15.6 Å². The largest absolute Gasteiger partial charge is 0.394 e. The molecule has 2 unspecified atom stereocenters. The summed E-state index contributed by atoms with van der Waals surface area (Å²) in [6.07, 6.45) is -4.34. The maximum Gasteiger partial charge on any atom is 0.184 e. The highest BCUT2D eigenvalue weighted by molar-refractivity contribution is 9.10. The Kier molecular flexibility index (Phi) is 7.35. The number of ether oxygens (including phenoxy) is 4. The Labute approximate surface area is 195 Å². The standard InChI is InChI=1S/C23H26BrClO6/c1-12(2)16-8-5-14(9-17(16)24)22-28-11-19-21(31-22)20(18(27)10-26)30-23(29-19)13-3-6-15(25)7-4-13/h3-9,12,18-23,26-27H,10-11H2,1-2H3/t18-,19+,20-,21-,22?,23?/m1/s1. The van der Waals surface area contributed by atoms with Crippen molar-refractivity contribution < 1.29 is 29.2 Å². The van der Waals surface area contributed by atoms with E-state index in [-0.39, 0.29) is 6.61 Å². The molecular weight excluding hydrogens is 488 g/mol. The fraction of sp³-hybridized carbons (Fsp3) is 0.478. The first-order valence-electron chi connectivity index (χ1n) is 10.3. The van der Waals surface area contributed by atoms with Crippen LogP contribution in [0.2, 0.25) is 5.02 Å². The maximum absolute atomic E-state index is 10.4. The summed E-state index contributed by atoms with van der Waals surface area (Å²) in [6, 6.07) is 13.1. The molecule has 2 aliphatic heterocycles. The van der Waals surface area contributed by atoms with Crippen LogP contribution in [0, 0.1) is 0 Å². The summed E-state index contributed by atoms with van der Waals surface area (Å²) in [5, 5.41) is 20.6. The number of fused-ring (bicyclic) bond motifs is 1. The van der Waals surface area contributed by atoms with Crippen molar-refractivity contribution in [2.24, 2.45) is 0 Å². The molecule has 4 rings (SSSR count). The number of hydrogen-bond acceptors (Lipinski definition) is 6. The molecule has 0 radical (unpaired) electrons. The van der Waals surface area contributed by atoms with Gasteiger partial charge in [0.15, 0.2) is 12.6 Å². The van der Waals surface area contributed by atoms with Crippen molar-refractivity contribution in [1.29, 1.82) is 0 Å². The summed E-state index contributed by atoms with van der Waals surface area (Å²) in [5.41, 5.74) is 2.81. The Morgan fingerprint density at radius 2 is 1.74 bits per heavy atom. The van der Waals surface area contributed by atoms with Gasteiger partial charge in [0.25, 0.3) is 0 Å². The lowest BCUT2D eigenvalue weighted by Gasteiger charge is -2.47. The molecule has 0 bridgehead atoms. The molecule has 2 saturated heterocycles. The topological polar surface area (TPSA) is 77.4 Å². The van der Waals surface area contributed by atoms with Crippen LogP contribution in [0.3, 0.4) is 0 Å². The minimum Gasteiger partial charge on any atom is -0.394 e. The smallest absolute Gasteiger partial charge is 0.184 e. The second-order valence-electron chi connectivity index (χ2n) is 8.11. The van der Waals surface area contributed by atoms with E-state index in [1.54, 1.807) is 24.3 Å². The van der Waals surface area contributed by atoms with Gasteiger partial charge >= 0.3 is 0 Å². The van der Waals surface area contributed by atoms with Gasteiger partial charge in [-0.3, -0.25) is 0 Å². The minimum absolute atomic E-state index is 0.265. The third-order valence-corrected chi connectivity index (χ3v) is 6.53. The maximum atomic E-state index is 10.4. The predicted octanol–water partition coefficient (Wildman–Crippen LogP) is 4.48. The molecule has 168 valence electrons. The average Bonchev–Trinajstić information content (AvgIpc) is 2.77. The summed E-state index contributed by atoms with van der Waals surface area (Å²) in [7, 11) is 0. The van der Waals surface area contributed by atoms with Crippen LogP contribution in [-0.2, 0) is 18.9 Å². The van der Waals surface area contributed by atoms with Crippen molar-refractivity contribution in [2.45, 2.75) is 56.8 Å². The van der Waals surface area contributed by atoms with Crippen molar-refractivity contribution >= 4 is 27.5 Å². The highest BCUT2D eigenvalue weighted by Crippen LogP contribution is 2.40. The van der Waals surface area contributed by atoms with E-state index in [1.165, 1.54) is 5.56 Å². The summed E-state index contributed by atoms with van der Waals surface area (Å²) >= 11 is 9.60. The molecule has 2 N–H and O–H groups in total. The van der Waals surface area contributed by atoms with Crippen LogP contribution in [0.15, 0.2) is 46.9 Å². The Balaban J connectivity index is 1.55. The number of aliphatic hydroxyl groups excluding tert-OH is 2. The van der Waals surface area contributed by atoms with E-state index in [1.807, 2.05) is 18.2 Å². The molecule has 0 aliphatic carbocycles. The van der Waals surface area contributed by atoms with E-state index in [0.29, 0.717) is 10.9 Å². The van der Waals surface area contributed by atoms with Gasteiger partial charge < -0.3 is 29.2 Å². The highest BCUT2D eigenvalue weighted by Gasteiger charge is 2.48. The van der Waals surface area contributed by atoms with E-state index in [9.17, 15) is 10.2 Å². The van der Waals surface area contributed by atoms with Crippen molar-refractivity contribution in [3.8, 4) is 0 Å². The van der Waals surface area contributed by atoms with E-state index in [2.05, 4.69) is 29.8 Å². The molecule has 6 atom stereocenters. The van der Waals surface area contributed by atoms with Crippen molar-refractivity contribution in [1.82, 2.24) is 0 Å². The summed E-state index contributed by atoms with van der Waals surface area (Å²) < 4.78 is 25.2. The van der Waals surface area contributed by atoms with Crippen LogP contribution < -0.4 is 0 Å².